The maximum Gasteiger partial charge on any atom is 0.353 e. The van der Waals surface area contributed by atoms with Gasteiger partial charge in [0.1, 0.15) is 5.78 Å². The van der Waals surface area contributed by atoms with Crippen molar-refractivity contribution in [1.29, 1.82) is 0 Å². The summed E-state index contributed by atoms with van der Waals surface area (Å²) < 4.78 is 24.1. The fourth-order valence-electron chi connectivity index (χ4n) is 2.16. The number of amides is 1. The monoisotopic (exact) mass is 355 g/mol. The summed E-state index contributed by atoms with van der Waals surface area (Å²) in [6.45, 7) is 9.75. The molecule has 0 aliphatic rings. The van der Waals surface area contributed by atoms with Gasteiger partial charge in [-0.05, 0) is 25.8 Å². The van der Waals surface area contributed by atoms with Gasteiger partial charge < -0.3 is 14.4 Å². The van der Waals surface area contributed by atoms with Crippen LogP contribution in [0.15, 0.2) is 30.3 Å². The second-order valence-electron chi connectivity index (χ2n) is 6.29. The van der Waals surface area contributed by atoms with Crippen LogP contribution in [0.5, 0.6) is 0 Å². The number of hydrogen-bond donors (Lipinski definition) is 1. The van der Waals surface area contributed by atoms with Gasteiger partial charge in [-0.15, -0.1) is 0 Å². The molecular formula is C18H30NO4P. The Kier molecular flexibility index (Phi) is 8.14. The first-order valence-corrected chi connectivity index (χ1v) is 10.1. The van der Waals surface area contributed by atoms with Crippen LogP contribution in [0.4, 0.5) is 0 Å². The Hall–Kier alpha value is -1.16. The van der Waals surface area contributed by atoms with Gasteiger partial charge in [-0.25, -0.2) is 0 Å². The van der Waals surface area contributed by atoms with Gasteiger partial charge in [0.05, 0.1) is 13.2 Å². The van der Waals surface area contributed by atoms with Gasteiger partial charge in [0, 0.05) is 11.8 Å². The standard InChI is InChI=1S/C18H30NO4P/c1-6-18(4,5)17(20)19-16(14-15-12-10-9-11-13-15)24(21,22-7-2)23-8-3/h9-13,16H,6-8,14H2,1-5H3,(H,19,20). The van der Waals surface area contributed by atoms with Crippen LogP contribution in [0.1, 0.15) is 46.6 Å². The van der Waals surface area contributed by atoms with Crippen molar-refractivity contribution in [1.82, 2.24) is 5.32 Å². The smallest absolute Gasteiger partial charge is 0.341 e. The van der Waals surface area contributed by atoms with Crippen LogP contribution in [0.25, 0.3) is 0 Å². The summed E-state index contributed by atoms with van der Waals surface area (Å²) in [5, 5.41) is 2.91. The van der Waals surface area contributed by atoms with Crippen molar-refractivity contribution in [2.24, 2.45) is 5.41 Å². The van der Waals surface area contributed by atoms with Crippen molar-refractivity contribution in [2.45, 2.75) is 53.2 Å². The largest absolute Gasteiger partial charge is 0.353 e. The Morgan fingerprint density at radius 1 is 1.12 bits per heavy atom. The van der Waals surface area contributed by atoms with Crippen LogP contribution in [0.2, 0.25) is 0 Å². The van der Waals surface area contributed by atoms with Crippen molar-refractivity contribution >= 4 is 13.5 Å². The first-order chi connectivity index (χ1) is 11.3. The second-order valence-corrected chi connectivity index (χ2v) is 8.51. The quantitative estimate of drug-likeness (QED) is 0.633. The van der Waals surface area contributed by atoms with E-state index in [9.17, 15) is 9.36 Å². The molecule has 0 spiro atoms. The summed E-state index contributed by atoms with van der Waals surface area (Å²) in [7, 11) is -3.46. The molecule has 24 heavy (non-hydrogen) atoms. The molecule has 1 aromatic rings. The highest BCUT2D eigenvalue weighted by atomic mass is 31.2. The lowest BCUT2D eigenvalue weighted by atomic mass is 9.89. The third-order valence-corrected chi connectivity index (χ3v) is 6.38. The lowest BCUT2D eigenvalue weighted by Crippen LogP contribution is -2.44. The molecule has 1 rings (SSSR count). The van der Waals surface area contributed by atoms with Gasteiger partial charge in [-0.3, -0.25) is 9.36 Å². The van der Waals surface area contributed by atoms with E-state index in [0.29, 0.717) is 12.8 Å². The molecule has 1 N–H and O–H groups in total. The summed E-state index contributed by atoms with van der Waals surface area (Å²) in [5.74, 6) is -0.858. The molecule has 6 heteroatoms. The summed E-state index contributed by atoms with van der Waals surface area (Å²) in [6, 6.07) is 9.62. The normalized spacial score (nSPS) is 13.5. The van der Waals surface area contributed by atoms with Crippen molar-refractivity contribution in [3.63, 3.8) is 0 Å². The second kappa shape index (κ2) is 9.36. The maximum atomic E-state index is 13.2. The SMILES string of the molecule is CCOP(=O)(OCC)C(Cc1ccccc1)NC(=O)C(C)(C)CC. The molecule has 0 fully saturated rings. The number of benzene rings is 1. The molecule has 0 bridgehead atoms. The third kappa shape index (κ3) is 5.73. The van der Waals surface area contributed by atoms with Gasteiger partial charge in [0.2, 0.25) is 5.91 Å². The summed E-state index contributed by atoms with van der Waals surface area (Å²) in [6.07, 6.45) is 1.08. The molecule has 0 radical (unpaired) electrons. The zero-order valence-electron chi connectivity index (χ0n) is 15.4. The van der Waals surface area contributed by atoms with Gasteiger partial charge >= 0.3 is 7.60 Å². The molecule has 0 aromatic heterocycles. The van der Waals surface area contributed by atoms with E-state index in [1.165, 1.54) is 0 Å². The fraction of sp³-hybridized carbons (Fsp3) is 0.611. The Labute approximate surface area is 145 Å². The predicted molar refractivity (Wildman–Crippen MR) is 97.0 cm³/mol. The molecule has 1 amide bonds. The highest BCUT2D eigenvalue weighted by Crippen LogP contribution is 2.53. The van der Waals surface area contributed by atoms with Crippen molar-refractivity contribution in [3.8, 4) is 0 Å². The van der Waals surface area contributed by atoms with Crippen LogP contribution in [-0.4, -0.2) is 24.9 Å². The third-order valence-electron chi connectivity index (χ3n) is 4.07. The zero-order valence-corrected chi connectivity index (χ0v) is 16.3. The average molecular weight is 355 g/mol. The molecule has 1 unspecified atom stereocenters. The van der Waals surface area contributed by atoms with Crippen molar-refractivity contribution < 1.29 is 18.4 Å². The van der Waals surface area contributed by atoms with Crippen molar-refractivity contribution in [3.05, 3.63) is 35.9 Å². The highest BCUT2D eigenvalue weighted by Gasteiger charge is 2.39. The van der Waals surface area contributed by atoms with E-state index >= 15 is 0 Å². The van der Waals surface area contributed by atoms with Crippen molar-refractivity contribution in [2.75, 3.05) is 13.2 Å². The Morgan fingerprint density at radius 2 is 1.67 bits per heavy atom. The summed E-state index contributed by atoms with van der Waals surface area (Å²) >= 11 is 0. The summed E-state index contributed by atoms with van der Waals surface area (Å²) in [4.78, 5) is 12.6. The molecule has 5 nitrogen and oxygen atoms in total. The van der Waals surface area contributed by atoms with E-state index in [4.69, 9.17) is 9.05 Å². The highest BCUT2D eigenvalue weighted by molar-refractivity contribution is 7.54. The molecule has 136 valence electrons. The number of carbonyl (C=O) groups excluding carboxylic acids is 1. The van der Waals surface area contributed by atoms with E-state index in [1.54, 1.807) is 13.8 Å². The van der Waals surface area contributed by atoms with E-state index in [0.717, 1.165) is 5.56 Å². The maximum absolute atomic E-state index is 13.2. The van der Waals surface area contributed by atoms with E-state index in [2.05, 4.69) is 5.32 Å². The Bertz CT molecular complexity index is 549. The van der Waals surface area contributed by atoms with Gasteiger partial charge in [0.25, 0.3) is 0 Å². The molecule has 1 aromatic carbocycles. The predicted octanol–water partition coefficient (Wildman–Crippen LogP) is 4.37. The van der Waals surface area contributed by atoms with Crippen LogP contribution in [0.3, 0.4) is 0 Å². The lowest BCUT2D eigenvalue weighted by molar-refractivity contribution is -0.129. The molecule has 1 atom stereocenters. The van der Waals surface area contributed by atoms with Gasteiger partial charge in [0.15, 0.2) is 0 Å². The average Bonchev–Trinajstić information content (AvgIpc) is 2.55. The topological polar surface area (TPSA) is 64.6 Å². The van der Waals surface area contributed by atoms with Gasteiger partial charge in [-0.1, -0.05) is 51.1 Å². The minimum absolute atomic E-state index is 0.148. The minimum atomic E-state index is -3.46. The zero-order chi connectivity index (χ0) is 18.2. The molecular weight excluding hydrogens is 325 g/mol. The first-order valence-electron chi connectivity index (χ1n) is 8.52. The molecule has 0 aliphatic carbocycles. The van der Waals surface area contributed by atoms with E-state index < -0.39 is 18.8 Å². The van der Waals surface area contributed by atoms with E-state index in [1.807, 2.05) is 51.1 Å². The number of rotatable bonds is 10. The molecule has 0 heterocycles. The first kappa shape index (κ1) is 20.9. The number of nitrogens with one attached hydrogen (secondary N) is 1. The number of hydrogen-bond acceptors (Lipinski definition) is 4. The van der Waals surface area contributed by atoms with Crippen LogP contribution < -0.4 is 5.32 Å². The van der Waals surface area contributed by atoms with Crippen LogP contribution in [0, 0.1) is 5.41 Å². The minimum Gasteiger partial charge on any atom is -0.341 e. The number of carbonyl (C=O) groups is 1. The van der Waals surface area contributed by atoms with Crippen LogP contribution >= 0.6 is 7.60 Å². The fourth-order valence-corrected chi connectivity index (χ4v) is 4.03. The van der Waals surface area contributed by atoms with Crippen LogP contribution in [-0.2, 0) is 24.8 Å². The van der Waals surface area contributed by atoms with Gasteiger partial charge in [-0.2, -0.15) is 0 Å². The summed E-state index contributed by atoms with van der Waals surface area (Å²) in [5.41, 5.74) is 0.426. The molecule has 0 aliphatic heterocycles. The Morgan fingerprint density at radius 3 is 2.12 bits per heavy atom. The molecule has 0 saturated heterocycles. The lowest BCUT2D eigenvalue weighted by Gasteiger charge is -2.30. The van der Waals surface area contributed by atoms with E-state index in [-0.39, 0.29) is 19.1 Å². The molecule has 0 saturated carbocycles. The Balaban J connectivity index is 3.10.